The Morgan fingerprint density at radius 1 is 1.03 bits per heavy atom. The molecule has 1 aromatic carbocycles. The second-order valence-electron chi connectivity index (χ2n) is 8.26. The molecule has 0 spiro atoms. The minimum absolute atomic E-state index is 0.0810. The van der Waals surface area contributed by atoms with Gasteiger partial charge in [-0.25, -0.2) is 4.98 Å². The number of aromatic nitrogens is 4. The molecule has 2 aromatic heterocycles. The molecule has 0 amide bonds. The second kappa shape index (κ2) is 7.55. The zero-order valence-electron chi connectivity index (χ0n) is 16.8. The highest BCUT2D eigenvalue weighted by atomic mass is 16.1. The Labute approximate surface area is 170 Å². The van der Waals surface area contributed by atoms with Crippen molar-refractivity contribution >= 4 is 16.6 Å². The van der Waals surface area contributed by atoms with Crippen LogP contribution in [-0.4, -0.2) is 50.6 Å². The summed E-state index contributed by atoms with van der Waals surface area (Å²) in [5.41, 5.74) is 3.97. The average Bonchev–Trinajstić information content (AvgIpc) is 3.56. The molecule has 2 fully saturated rings. The molecule has 7 heteroatoms. The molecule has 1 aliphatic carbocycles. The Morgan fingerprint density at radius 3 is 2.59 bits per heavy atom. The van der Waals surface area contributed by atoms with Gasteiger partial charge in [-0.15, -0.1) is 0 Å². The van der Waals surface area contributed by atoms with E-state index in [1.165, 1.54) is 12.8 Å². The van der Waals surface area contributed by atoms with E-state index in [0.717, 1.165) is 61.9 Å². The summed E-state index contributed by atoms with van der Waals surface area (Å²) in [6, 6.07) is 6.06. The maximum Gasteiger partial charge on any atom is 0.261 e. The highest BCUT2D eigenvalue weighted by molar-refractivity contribution is 5.81. The first-order chi connectivity index (χ1) is 14.2. The molecule has 2 aliphatic rings. The second-order valence-corrected chi connectivity index (χ2v) is 8.26. The number of fused-ring (bicyclic) bond motifs is 1. The van der Waals surface area contributed by atoms with Gasteiger partial charge < -0.3 is 4.90 Å². The molecule has 1 saturated carbocycles. The van der Waals surface area contributed by atoms with Gasteiger partial charge in [0.25, 0.3) is 5.56 Å². The van der Waals surface area contributed by atoms with Gasteiger partial charge in [0.2, 0.25) is 0 Å². The van der Waals surface area contributed by atoms with Crippen molar-refractivity contribution in [3.63, 3.8) is 0 Å². The Morgan fingerprint density at radius 2 is 1.86 bits per heavy atom. The molecule has 7 nitrogen and oxygen atoms in total. The number of benzene rings is 1. The van der Waals surface area contributed by atoms with Crippen LogP contribution in [0.15, 0.2) is 41.7 Å². The van der Waals surface area contributed by atoms with E-state index in [-0.39, 0.29) is 5.56 Å². The van der Waals surface area contributed by atoms with Gasteiger partial charge >= 0.3 is 0 Å². The van der Waals surface area contributed by atoms with E-state index >= 15 is 0 Å². The topological polar surface area (TPSA) is 67.2 Å². The summed E-state index contributed by atoms with van der Waals surface area (Å²) in [5, 5.41) is 0.716. The standard InChI is InChI=1S/C22H26N6O/c1-16-11-24-18(12-23-16)14-26-6-8-27(9-7-26)19-4-5-20-21(10-19)25-15-28(22(20)29)13-17-2-3-17/h4-5,10-12,15,17H,2-3,6-9,13-14H2,1H3. The zero-order valence-corrected chi connectivity index (χ0v) is 16.8. The summed E-state index contributed by atoms with van der Waals surface area (Å²) in [7, 11) is 0. The third-order valence-corrected chi connectivity index (χ3v) is 5.92. The third-order valence-electron chi connectivity index (χ3n) is 5.92. The Balaban J connectivity index is 1.26. The smallest absolute Gasteiger partial charge is 0.261 e. The average molecular weight is 390 g/mol. The molecule has 3 aromatic rings. The summed E-state index contributed by atoms with van der Waals surface area (Å²) in [4.78, 5) is 30.9. The molecule has 0 bridgehead atoms. The van der Waals surface area contributed by atoms with Gasteiger partial charge in [-0.2, -0.15) is 0 Å². The van der Waals surface area contributed by atoms with Crippen LogP contribution in [0.5, 0.6) is 0 Å². The molecular weight excluding hydrogens is 364 g/mol. The first kappa shape index (κ1) is 18.2. The highest BCUT2D eigenvalue weighted by Crippen LogP contribution is 2.30. The van der Waals surface area contributed by atoms with Crippen LogP contribution in [0.3, 0.4) is 0 Å². The number of anilines is 1. The molecular formula is C22H26N6O. The van der Waals surface area contributed by atoms with Crippen molar-refractivity contribution in [2.24, 2.45) is 5.92 Å². The van der Waals surface area contributed by atoms with Crippen LogP contribution in [-0.2, 0) is 13.1 Å². The predicted octanol–water partition coefficient (Wildman–Crippen LogP) is 2.23. The molecule has 1 saturated heterocycles. The molecule has 1 aliphatic heterocycles. The van der Waals surface area contributed by atoms with E-state index in [0.29, 0.717) is 11.3 Å². The van der Waals surface area contributed by atoms with Gasteiger partial charge in [-0.3, -0.25) is 24.2 Å². The van der Waals surface area contributed by atoms with Crippen molar-refractivity contribution < 1.29 is 0 Å². The van der Waals surface area contributed by atoms with Crippen LogP contribution in [0.1, 0.15) is 24.2 Å². The maximum atomic E-state index is 12.7. The number of piperazine rings is 1. The number of hydrogen-bond donors (Lipinski definition) is 0. The molecule has 150 valence electrons. The van der Waals surface area contributed by atoms with Gasteiger partial charge in [0.05, 0.1) is 28.6 Å². The predicted molar refractivity (Wildman–Crippen MR) is 113 cm³/mol. The third kappa shape index (κ3) is 4.00. The molecule has 29 heavy (non-hydrogen) atoms. The van der Waals surface area contributed by atoms with Crippen LogP contribution < -0.4 is 10.5 Å². The monoisotopic (exact) mass is 390 g/mol. The largest absolute Gasteiger partial charge is 0.369 e. The fourth-order valence-corrected chi connectivity index (χ4v) is 3.95. The van der Waals surface area contributed by atoms with Crippen molar-refractivity contribution in [2.75, 3.05) is 31.1 Å². The first-order valence-electron chi connectivity index (χ1n) is 10.4. The first-order valence-corrected chi connectivity index (χ1v) is 10.4. The Bertz CT molecular complexity index is 1060. The lowest BCUT2D eigenvalue weighted by Gasteiger charge is -2.36. The van der Waals surface area contributed by atoms with Crippen molar-refractivity contribution in [3.8, 4) is 0 Å². The lowest BCUT2D eigenvalue weighted by atomic mass is 10.2. The summed E-state index contributed by atoms with van der Waals surface area (Å²) in [5.74, 6) is 0.661. The van der Waals surface area contributed by atoms with E-state index in [1.807, 2.05) is 25.4 Å². The maximum absolute atomic E-state index is 12.7. The van der Waals surface area contributed by atoms with Crippen LogP contribution >= 0.6 is 0 Å². The van der Waals surface area contributed by atoms with Crippen LogP contribution in [0.25, 0.3) is 10.9 Å². The molecule has 0 N–H and O–H groups in total. The quantitative estimate of drug-likeness (QED) is 0.666. The summed E-state index contributed by atoms with van der Waals surface area (Å²) in [6.07, 6.45) is 7.87. The minimum Gasteiger partial charge on any atom is -0.369 e. The van der Waals surface area contributed by atoms with Gasteiger partial charge in [0.1, 0.15) is 0 Å². The lowest BCUT2D eigenvalue weighted by molar-refractivity contribution is 0.247. The van der Waals surface area contributed by atoms with Crippen LogP contribution in [0.2, 0.25) is 0 Å². The van der Waals surface area contributed by atoms with Gasteiger partial charge in [-0.05, 0) is 43.9 Å². The lowest BCUT2D eigenvalue weighted by Crippen LogP contribution is -2.46. The van der Waals surface area contributed by atoms with Crippen LogP contribution in [0.4, 0.5) is 5.69 Å². The number of nitrogens with zero attached hydrogens (tertiary/aromatic N) is 6. The van der Waals surface area contributed by atoms with Crippen molar-refractivity contribution in [3.05, 3.63) is 58.7 Å². The summed E-state index contributed by atoms with van der Waals surface area (Å²) in [6.45, 7) is 7.44. The Hall–Kier alpha value is -2.80. The van der Waals surface area contributed by atoms with E-state index in [1.54, 1.807) is 10.9 Å². The number of rotatable bonds is 5. The van der Waals surface area contributed by atoms with Gasteiger partial charge in [-0.1, -0.05) is 0 Å². The van der Waals surface area contributed by atoms with Gasteiger partial charge in [0.15, 0.2) is 0 Å². The van der Waals surface area contributed by atoms with E-state index in [9.17, 15) is 4.79 Å². The zero-order chi connectivity index (χ0) is 19.8. The van der Waals surface area contributed by atoms with Crippen molar-refractivity contribution in [2.45, 2.75) is 32.9 Å². The normalized spacial score (nSPS) is 17.8. The minimum atomic E-state index is 0.0810. The van der Waals surface area contributed by atoms with E-state index < -0.39 is 0 Å². The number of hydrogen-bond acceptors (Lipinski definition) is 6. The SMILES string of the molecule is Cc1cnc(CN2CCN(c3ccc4c(=O)n(CC5CC5)cnc4c3)CC2)cn1. The van der Waals surface area contributed by atoms with E-state index in [4.69, 9.17) is 0 Å². The molecule has 0 radical (unpaired) electrons. The number of aryl methyl sites for hydroxylation is 1. The Kier molecular flexibility index (Phi) is 4.75. The summed E-state index contributed by atoms with van der Waals surface area (Å²) < 4.78 is 1.77. The highest BCUT2D eigenvalue weighted by Gasteiger charge is 2.23. The van der Waals surface area contributed by atoms with Crippen LogP contribution in [0, 0.1) is 12.8 Å². The van der Waals surface area contributed by atoms with Crippen molar-refractivity contribution in [1.29, 1.82) is 0 Å². The summed E-state index contributed by atoms with van der Waals surface area (Å²) >= 11 is 0. The molecule has 0 unspecified atom stereocenters. The van der Waals surface area contributed by atoms with Crippen molar-refractivity contribution in [1.82, 2.24) is 24.4 Å². The van der Waals surface area contributed by atoms with E-state index in [2.05, 4.69) is 36.9 Å². The fourth-order valence-electron chi connectivity index (χ4n) is 3.95. The molecule has 3 heterocycles. The molecule has 5 rings (SSSR count). The fraction of sp³-hybridized carbons (Fsp3) is 0.455. The molecule has 0 atom stereocenters. The van der Waals surface area contributed by atoms with Gasteiger partial charge in [0, 0.05) is 57.3 Å².